The minimum Gasteiger partial charge on any atom is -0.481 e. The predicted molar refractivity (Wildman–Crippen MR) is 56.6 cm³/mol. The lowest BCUT2D eigenvalue weighted by Crippen LogP contribution is -2.14. The number of aliphatic carboxylic acids is 1. The maximum atomic E-state index is 13.9. The lowest BCUT2D eigenvalue weighted by atomic mass is 9.99. The van der Waals surface area contributed by atoms with E-state index in [0.29, 0.717) is 0 Å². The van der Waals surface area contributed by atoms with Crippen molar-refractivity contribution in [2.24, 2.45) is 5.92 Å². The monoisotopic (exact) mass is 240 g/mol. The first-order valence-electron chi connectivity index (χ1n) is 5.07. The van der Waals surface area contributed by atoms with E-state index in [-0.39, 0.29) is 23.0 Å². The van der Waals surface area contributed by atoms with Gasteiger partial charge in [0.15, 0.2) is 0 Å². The van der Waals surface area contributed by atoms with Crippen LogP contribution in [0.25, 0.3) is 11.0 Å². The second-order valence-electron chi connectivity index (χ2n) is 3.93. The van der Waals surface area contributed by atoms with Crippen LogP contribution < -0.4 is 0 Å². The van der Waals surface area contributed by atoms with Gasteiger partial charge in [-0.2, -0.15) is 0 Å². The average Bonchev–Trinajstić information content (AvgIpc) is 2.71. The quantitative estimate of drug-likeness (QED) is 0.897. The van der Waals surface area contributed by atoms with Crippen molar-refractivity contribution in [3.05, 3.63) is 35.6 Å². The molecule has 2 rings (SSSR count). The van der Waals surface area contributed by atoms with Crippen molar-refractivity contribution in [1.29, 1.82) is 0 Å². The van der Waals surface area contributed by atoms with Crippen molar-refractivity contribution in [3.8, 4) is 0 Å². The summed E-state index contributed by atoms with van der Waals surface area (Å²) in [5.41, 5.74) is -0.0967. The number of halogens is 2. The molecule has 0 aliphatic carbocycles. The van der Waals surface area contributed by atoms with Gasteiger partial charge in [0.05, 0.1) is 17.6 Å². The molecule has 1 N–H and O–H groups in total. The Morgan fingerprint density at radius 1 is 1.53 bits per heavy atom. The minimum absolute atomic E-state index is 0.117. The largest absolute Gasteiger partial charge is 0.481 e. The highest BCUT2D eigenvalue weighted by Gasteiger charge is 2.20. The molecule has 0 aliphatic heterocycles. The summed E-state index contributed by atoms with van der Waals surface area (Å²) in [4.78, 5) is 10.7. The first kappa shape index (κ1) is 11.6. The summed E-state index contributed by atoms with van der Waals surface area (Å²) in [5, 5.41) is 8.90. The third-order valence-corrected chi connectivity index (χ3v) is 2.67. The third kappa shape index (κ3) is 2.00. The van der Waals surface area contributed by atoms with E-state index < -0.39 is 23.5 Å². The third-order valence-electron chi connectivity index (χ3n) is 2.67. The SMILES string of the molecule is CC(Cc1c(F)cc2occc2c1F)C(=O)O. The van der Waals surface area contributed by atoms with Gasteiger partial charge in [-0.1, -0.05) is 6.92 Å². The van der Waals surface area contributed by atoms with E-state index in [0.717, 1.165) is 6.07 Å². The molecule has 1 aromatic heterocycles. The molecule has 0 saturated heterocycles. The molecule has 1 heterocycles. The van der Waals surface area contributed by atoms with E-state index in [9.17, 15) is 13.6 Å². The van der Waals surface area contributed by atoms with Crippen LogP contribution in [0.15, 0.2) is 22.8 Å². The average molecular weight is 240 g/mol. The van der Waals surface area contributed by atoms with E-state index in [1.54, 1.807) is 0 Å². The predicted octanol–water partition coefficient (Wildman–Crippen LogP) is 2.97. The van der Waals surface area contributed by atoms with Crippen molar-refractivity contribution in [1.82, 2.24) is 0 Å². The van der Waals surface area contributed by atoms with Crippen LogP contribution in [0.2, 0.25) is 0 Å². The zero-order valence-corrected chi connectivity index (χ0v) is 9.04. The fourth-order valence-corrected chi connectivity index (χ4v) is 1.66. The molecular formula is C12H10F2O3. The van der Waals surface area contributed by atoms with Gasteiger partial charge < -0.3 is 9.52 Å². The molecule has 90 valence electrons. The number of rotatable bonds is 3. The van der Waals surface area contributed by atoms with E-state index in [2.05, 4.69) is 0 Å². The van der Waals surface area contributed by atoms with Gasteiger partial charge in [0.25, 0.3) is 0 Å². The Balaban J connectivity index is 2.49. The van der Waals surface area contributed by atoms with Crippen LogP contribution in [-0.4, -0.2) is 11.1 Å². The van der Waals surface area contributed by atoms with Crippen LogP contribution in [0, 0.1) is 17.6 Å². The molecule has 0 saturated carbocycles. The summed E-state index contributed by atoms with van der Waals surface area (Å²) in [6, 6.07) is 2.46. The number of benzene rings is 1. The molecule has 0 spiro atoms. The highest BCUT2D eigenvalue weighted by atomic mass is 19.1. The first-order valence-corrected chi connectivity index (χ1v) is 5.07. The Morgan fingerprint density at radius 2 is 2.24 bits per heavy atom. The van der Waals surface area contributed by atoms with Gasteiger partial charge in [-0.05, 0) is 12.5 Å². The summed E-state index contributed by atoms with van der Waals surface area (Å²) in [6.45, 7) is 1.40. The molecule has 2 aromatic rings. The lowest BCUT2D eigenvalue weighted by molar-refractivity contribution is -0.141. The Hall–Kier alpha value is -1.91. The summed E-state index contributed by atoms with van der Waals surface area (Å²) >= 11 is 0. The van der Waals surface area contributed by atoms with Crippen molar-refractivity contribution >= 4 is 16.9 Å². The summed E-state index contributed by atoms with van der Waals surface area (Å²) < 4.78 is 32.4. The molecule has 5 heteroatoms. The summed E-state index contributed by atoms with van der Waals surface area (Å²) in [5.74, 6) is -3.46. The fourth-order valence-electron chi connectivity index (χ4n) is 1.66. The highest BCUT2D eigenvalue weighted by Crippen LogP contribution is 2.26. The topological polar surface area (TPSA) is 50.4 Å². The molecule has 0 amide bonds. The van der Waals surface area contributed by atoms with Gasteiger partial charge in [-0.25, -0.2) is 8.78 Å². The number of carbonyl (C=O) groups is 1. The first-order chi connectivity index (χ1) is 8.00. The molecule has 0 fully saturated rings. The van der Waals surface area contributed by atoms with Crippen molar-refractivity contribution in [2.75, 3.05) is 0 Å². The molecule has 0 radical (unpaired) electrons. The highest BCUT2D eigenvalue weighted by molar-refractivity contribution is 5.79. The fraction of sp³-hybridized carbons (Fsp3) is 0.250. The van der Waals surface area contributed by atoms with Gasteiger partial charge in [-0.15, -0.1) is 0 Å². The van der Waals surface area contributed by atoms with E-state index in [1.165, 1.54) is 19.3 Å². The van der Waals surface area contributed by atoms with Gasteiger partial charge in [0.2, 0.25) is 0 Å². The number of fused-ring (bicyclic) bond motifs is 1. The maximum absolute atomic E-state index is 13.9. The Morgan fingerprint density at radius 3 is 2.88 bits per heavy atom. The Kier molecular flexibility index (Phi) is 2.83. The molecule has 1 unspecified atom stereocenters. The molecule has 17 heavy (non-hydrogen) atoms. The number of carboxylic acid groups (broad SMARTS) is 1. The molecular weight excluding hydrogens is 230 g/mol. The lowest BCUT2D eigenvalue weighted by Gasteiger charge is -2.08. The summed E-state index contributed by atoms with van der Waals surface area (Å²) in [7, 11) is 0. The second kappa shape index (κ2) is 4.16. The van der Waals surface area contributed by atoms with Crippen molar-refractivity contribution in [3.63, 3.8) is 0 Å². The van der Waals surface area contributed by atoms with Gasteiger partial charge in [0, 0.05) is 11.6 Å². The van der Waals surface area contributed by atoms with Crippen LogP contribution in [0.1, 0.15) is 12.5 Å². The van der Waals surface area contributed by atoms with Crippen molar-refractivity contribution < 1.29 is 23.1 Å². The molecule has 1 aromatic carbocycles. The van der Waals surface area contributed by atoms with Crippen LogP contribution in [0.4, 0.5) is 8.78 Å². The zero-order valence-electron chi connectivity index (χ0n) is 9.04. The van der Waals surface area contributed by atoms with E-state index in [4.69, 9.17) is 9.52 Å². The van der Waals surface area contributed by atoms with Crippen LogP contribution >= 0.6 is 0 Å². The number of hydrogen-bond acceptors (Lipinski definition) is 2. The van der Waals surface area contributed by atoms with Gasteiger partial charge in [0.1, 0.15) is 17.2 Å². The van der Waals surface area contributed by atoms with E-state index in [1.807, 2.05) is 0 Å². The van der Waals surface area contributed by atoms with Crippen molar-refractivity contribution in [2.45, 2.75) is 13.3 Å². The van der Waals surface area contributed by atoms with Crippen LogP contribution in [0.3, 0.4) is 0 Å². The Labute approximate surface area is 95.7 Å². The molecule has 0 bridgehead atoms. The standard InChI is InChI=1S/C12H10F2O3/c1-6(12(15)16)4-8-9(13)5-10-7(11(8)14)2-3-17-10/h2-3,5-6H,4H2,1H3,(H,15,16). The number of hydrogen-bond donors (Lipinski definition) is 1. The molecule has 0 aliphatic rings. The van der Waals surface area contributed by atoms with E-state index >= 15 is 0 Å². The number of furan rings is 1. The maximum Gasteiger partial charge on any atom is 0.306 e. The molecule has 1 atom stereocenters. The van der Waals surface area contributed by atoms with Crippen LogP contribution in [-0.2, 0) is 11.2 Å². The van der Waals surface area contributed by atoms with Crippen LogP contribution in [0.5, 0.6) is 0 Å². The Bertz CT molecular complexity index is 574. The molecule has 3 nitrogen and oxygen atoms in total. The minimum atomic E-state index is -1.09. The number of carboxylic acids is 1. The normalized spacial score (nSPS) is 12.9. The van der Waals surface area contributed by atoms with Gasteiger partial charge >= 0.3 is 5.97 Å². The zero-order chi connectivity index (χ0) is 12.6. The van der Waals surface area contributed by atoms with Gasteiger partial charge in [-0.3, -0.25) is 4.79 Å². The smallest absolute Gasteiger partial charge is 0.306 e. The second-order valence-corrected chi connectivity index (χ2v) is 3.93. The summed E-state index contributed by atoms with van der Waals surface area (Å²) in [6.07, 6.45) is 1.08.